The third-order valence-electron chi connectivity index (χ3n) is 3.92. The third-order valence-corrected chi connectivity index (χ3v) is 3.92. The van der Waals surface area contributed by atoms with Crippen LogP contribution in [0.15, 0.2) is 40.3 Å². The lowest BCUT2D eigenvalue weighted by molar-refractivity contribution is 0.495. The van der Waals surface area contributed by atoms with Gasteiger partial charge in [-0.1, -0.05) is 75.8 Å². The molecule has 0 aliphatic rings. The maximum absolute atomic E-state index is 5.98. The first-order valence-electron chi connectivity index (χ1n) is 9.02. The molecule has 1 rings (SSSR count). The fourth-order valence-electron chi connectivity index (χ4n) is 2.44. The van der Waals surface area contributed by atoms with Gasteiger partial charge in [0, 0.05) is 20.1 Å². The van der Waals surface area contributed by atoms with E-state index in [1.54, 1.807) is 0 Å². The Kier molecular flexibility index (Phi) is 17.5. The lowest BCUT2D eigenvalue weighted by Gasteiger charge is -2.17. The second kappa shape index (κ2) is 17.0. The van der Waals surface area contributed by atoms with E-state index in [9.17, 15) is 0 Å². The minimum absolute atomic E-state index is 0. The Labute approximate surface area is 171 Å². The van der Waals surface area contributed by atoms with Crippen LogP contribution in [0, 0.1) is 0 Å². The number of hydrogen-bond acceptors (Lipinski definition) is 1. The van der Waals surface area contributed by atoms with Gasteiger partial charge in [0.2, 0.25) is 5.96 Å². The van der Waals surface area contributed by atoms with E-state index in [4.69, 9.17) is 11.5 Å². The molecule has 0 fully saturated rings. The molecule has 0 unspecified atom stereocenters. The Morgan fingerprint density at radius 2 is 1.50 bits per heavy atom. The lowest BCUT2D eigenvalue weighted by atomic mass is 10.1. The predicted octanol–water partition coefficient (Wildman–Crippen LogP) is 4.34. The van der Waals surface area contributed by atoms with Gasteiger partial charge in [-0.25, -0.2) is 0 Å². The van der Waals surface area contributed by atoms with Crippen molar-refractivity contribution in [3.8, 4) is 0 Å². The minimum Gasteiger partial charge on any atom is -0.369 e. The summed E-state index contributed by atoms with van der Waals surface area (Å²) in [5, 5.41) is 0. The van der Waals surface area contributed by atoms with Crippen molar-refractivity contribution in [3.63, 3.8) is 0 Å². The molecular formula is C19H35Cl2N5. The number of guanidine groups is 2. The number of halogens is 2. The summed E-state index contributed by atoms with van der Waals surface area (Å²) >= 11 is 0. The van der Waals surface area contributed by atoms with Crippen LogP contribution >= 0.6 is 24.8 Å². The monoisotopic (exact) mass is 403 g/mol. The molecule has 1 aromatic rings. The largest absolute Gasteiger partial charge is 0.369 e. The van der Waals surface area contributed by atoms with Crippen molar-refractivity contribution in [1.29, 1.82) is 0 Å². The Morgan fingerprint density at radius 3 is 2.12 bits per heavy atom. The van der Waals surface area contributed by atoms with Crippen molar-refractivity contribution in [2.75, 3.05) is 13.6 Å². The zero-order valence-electron chi connectivity index (χ0n) is 16.1. The summed E-state index contributed by atoms with van der Waals surface area (Å²) in [5.74, 6) is 0.651. The summed E-state index contributed by atoms with van der Waals surface area (Å²) in [5.41, 5.74) is 13.0. The van der Waals surface area contributed by atoms with E-state index in [1.807, 2.05) is 30.1 Å². The Bertz CT molecular complexity index is 506. The fraction of sp³-hybridized carbons (Fsp3) is 0.579. The number of benzene rings is 1. The van der Waals surface area contributed by atoms with Crippen LogP contribution < -0.4 is 11.5 Å². The fourth-order valence-corrected chi connectivity index (χ4v) is 2.44. The molecule has 1 aromatic carbocycles. The van der Waals surface area contributed by atoms with Crippen molar-refractivity contribution in [1.82, 2.24) is 4.90 Å². The van der Waals surface area contributed by atoms with E-state index >= 15 is 0 Å². The Morgan fingerprint density at radius 1 is 0.923 bits per heavy atom. The smallest absolute Gasteiger partial charge is 0.218 e. The van der Waals surface area contributed by atoms with Gasteiger partial charge >= 0.3 is 0 Å². The van der Waals surface area contributed by atoms with E-state index < -0.39 is 0 Å². The molecule has 26 heavy (non-hydrogen) atoms. The highest BCUT2D eigenvalue weighted by molar-refractivity contribution is 5.93. The second-order valence-electron chi connectivity index (χ2n) is 6.17. The number of hydrogen-bond donors (Lipinski definition) is 2. The van der Waals surface area contributed by atoms with Gasteiger partial charge in [-0.3, -0.25) is 4.99 Å². The maximum atomic E-state index is 5.98. The molecular weight excluding hydrogens is 369 g/mol. The third kappa shape index (κ3) is 12.8. The van der Waals surface area contributed by atoms with Crippen LogP contribution in [0.25, 0.3) is 0 Å². The van der Waals surface area contributed by atoms with Crippen LogP contribution in [0.4, 0.5) is 0 Å². The van der Waals surface area contributed by atoms with Gasteiger partial charge in [-0.15, -0.1) is 24.8 Å². The van der Waals surface area contributed by atoms with E-state index in [2.05, 4.69) is 29.0 Å². The molecule has 0 aromatic heterocycles. The Hall–Kier alpha value is -1.46. The average molecular weight is 404 g/mol. The molecule has 0 heterocycles. The van der Waals surface area contributed by atoms with Crippen LogP contribution in [0.3, 0.4) is 0 Å². The van der Waals surface area contributed by atoms with Gasteiger partial charge in [0.1, 0.15) is 0 Å². The highest BCUT2D eigenvalue weighted by Gasteiger charge is 2.03. The van der Waals surface area contributed by atoms with Crippen molar-refractivity contribution < 1.29 is 0 Å². The molecule has 0 amide bonds. The van der Waals surface area contributed by atoms with Crippen molar-refractivity contribution >= 4 is 36.7 Å². The molecule has 150 valence electrons. The SMILES string of the molecule is CCCCCCCCCN=C(N)/N=C(\N)N(C)Cc1ccccc1.Cl.Cl. The molecule has 5 nitrogen and oxygen atoms in total. The number of rotatable bonds is 10. The van der Waals surface area contributed by atoms with Crippen molar-refractivity contribution in [2.45, 2.75) is 58.4 Å². The molecule has 0 bridgehead atoms. The Balaban J connectivity index is 0. The highest BCUT2D eigenvalue weighted by atomic mass is 35.5. The van der Waals surface area contributed by atoms with Crippen LogP contribution in [0.2, 0.25) is 0 Å². The van der Waals surface area contributed by atoms with Gasteiger partial charge in [0.25, 0.3) is 0 Å². The molecule has 0 aliphatic carbocycles. The predicted molar refractivity (Wildman–Crippen MR) is 119 cm³/mol. The first-order valence-corrected chi connectivity index (χ1v) is 9.02. The number of nitrogens with zero attached hydrogens (tertiary/aromatic N) is 3. The molecule has 0 saturated heterocycles. The summed E-state index contributed by atoms with van der Waals surface area (Å²) in [6.07, 6.45) is 8.84. The van der Waals surface area contributed by atoms with Gasteiger partial charge in [-0.05, 0) is 12.0 Å². The molecule has 0 radical (unpaired) electrons. The number of nitrogens with two attached hydrogens (primary N) is 2. The second-order valence-corrected chi connectivity index (χ2v) is 6.17. The molecule has 4 N–H and O–H groups in total. The topological polar surface area (TPSA) is 80.0 Å². The summed E-state index contributed by atoms with van der Waals surface area (Å²) < 4.78 is 0. The summed E-state index contributed by atoms with van der Waals surface area (Å²) in [4.78, 5) is 10.3. The van der Waals surface area contributed by atoms with E-state index in [-0.39, 0.29) is 30.8 Å². The van der Waals surface area contributed by atoms with E-state index in [1.165, 1.54) is 44.1 Å². The minimum atomic E-state index is 0. The van der Waals surface area contributed by atoms with E-state index in [0.29, 0.717) is 12.5 Å². The van der Waals surface area contributed by atoms with E-state index in [0.717, 1.165) is 13.0 Å². The van der Waals surface area contributed by atoms with Gasteiger partial charge in [-0.2, -0.15) is 4.99 Å². The number of unbranched alkanes of at least 4 members (excludes halogenated alkanes) is 6. The quantitative estimate of drug-likeness (QED) is 0.346. The van der Waals surface area contributed by atoms with Gasteiger partial charge in [0.05, 0.1) is 0 Å². The molecule has 7 heteroatoms. The first kappa shape index (κ1) is 26.8. The first-order chi connectivity index (χ1) is 11.6. The zero-order chi connectivity index (χ0) is 17.6. The summed E-state index contributed by atoms with van der Waals surface area (Å²) in [6, 6.07) is 10.1. The lowest BCUT2D eigenvalue weighted by Crippen LogP contribution is -2.35. The highest BCUT2D eigenvalue weighted by Crippen LogP contribution is 2.07. The molecule has 0 saturated carbocycles. The summed E-state index contributed by atoms with van der Waals surface area (Å²) in [7, 11) is 1.90. The van der Waals surface area contributed by atoms with Gasteiger partial charge < -0.3 is 16.4 Å². The summed E-state index contributed by atoms with van der Waals surface area (Å²) in [6.45, 7) is 3.65. The normalized spacial score (nSPS) is 11.5. The molecule has 0 atom stereocenters. The van der Waals surface area contributed by atoms with Crippen molar-refractivity contribution in [3.05, 3.63) is 35.9 Å². The van der Waals surface area contributed by atoms with Crippen LogP contribution in [-0.2, 0) is 6.54 Å². The molecule has 0 aliphatic heterocycles. The molecule has 0 spiro atoms. The standard InChI is InChI=1S/C19H33N5.2ClH/c1-3-4-5-6-7-8-12-15-22-18(20)23-19(21)24(2)16-17-13-10-9-11-14-17;;/h9-11,13-14H,3-8,12,15-16H2,1-2H3,(H4,20,21,22,23);2*1H. The van der Waals surface area contributed by atoms with Crippen LogP contribution in [0.5, 0.6) is 0 Å². The van der Waals surface area contributed by atoms with Crippen LogP contribution in [-0.4, -0.2) is 30.4 Å². The van der Waals surface area contributed by atoms with Gasteiger partial charge in [0.15, 0.2) is 5.96 Å². The number of aliphatic imine (C=N–C) groups is 2. The average Bonchev–Trinajstić information content (AvgIpc) is 2.58. The van der Waals surface area contributed by atoms with Crippen molar-refractivity contribution in [2.24, 2.45) is 21.5 Å². The maximum Gasteiger partial charge on any atom is 0.218 e. The van der Waals surface area contributed by atoms with Crippen LogP contribution in [0.1, 0.15) is 57.4 Å². The zero-order valence-corrected chi connectivity index (χ0v) is 17.7.